The molecule has 0 radical (unpaired) electrons. The van der Waals surface area contributed by atoms with Gasteiger partial charge in [-0.3, -0.25) is 9.59 Å². The van der Waals surface area contributed by atoms with E-state index in [9.17, 15) is 9.59 Å². The summed E-state index contributed by atoms with van der Waals surface area (Å²) in [5.41, 5.74) is 3.02. The first-order valence-electron chi connectivity index (χ1n) is 8.71. The van der Waals surface area contributed by atoms with Gasteiger partial charge in [0, 0.05) is 29.6 Å². The molecule has 3 rings (SSSR count). The van der Waals surface area contributed by atoms with Crippen LogP contribution in [0.15, 0.2) is 35.7 Å². The van der Waals surface area contributed by atoms with Crippen LogP contribution in [0.4, 0.5) is 0 Å². The maximum absolute atomic E-state index is 12.4. The minimum absolute atomic E-state index is 0.0218. The number of aryl methyl sites for hydroxylation is 2. The molecule has 0 bridgehead atoms. The summed E-state index contributed by atoms with van der Waals surface area (Å²) in [4.78, 5) is 27.8. The molecule has 2 heterocycles. The van der Waals surface area contributed by atoms with Crippen LogP contribution in [0.3, 0.4) is 0 Å². The SMILES string of the molecule is Cc1ccc(C(=O)NC2CCN(C(=O)Cc3cccs3)CC2)cc1C. The lowest BCUT2D eigenvalue weighted by atomic mass is 10.0. The van der Waals surface area contributed by atoms with E-state index in [1.54, 1.807) is 11.3 Å². The van der Waals surface area contributed by atoms with Crippen LogP contribution in [0.2, 0.25) is 0 Å². The monoisotopic (exact) mass is 356 g/mol. The fourth-order valence-corrected chi connectivity index (χ4v) is 3.79. The Balaban J connectivity index is 1.49. The lowest BCUT2D eigenvalue weighted by Crippen LogP contribution is -2.46. The van der Waals surface area contributed by atoms with Gasteiger partial charge < -0.3 is 10.2 Å². The normalized spacial score (nSPS) is 15.2. The summed E-state index contributed by atoms with van der Waals surface area (Å²) >= 11 is 1.62. The Kier molecular flexibility index (Phi) is 5.53. The van der Waals surface area contributed by atoms with Crippen LogP contribution >= 0.6 is 11.3 Å². The highest BCUT2D eigenvalue weighted by Gasteiger charge is 2.24. The number of piperidine rings is 1. The van der Waals surface area contributed by atoms with Crippen LogP contribution in [0.1, 0.15) is 39.2 Å². The lowest BCUT2D eigenvalue weighted by molar-refractivity contribution is -0.131. The summed E-state index contributed by atoms with van der Waals surface area (Å²) < 4.78 is 0. The van der Waals surface area contributed by atoms with Crippen LogP contribution < -0.4 is 5.32 Å². The Labute approximate surface area is 152 Å². The number of rotatable bonds is 4. The van der Waals surface area contributed by atoms with E-state index in [-0.39, 0.29) is 17.9 Å². The highest BCUT2D eigenvalue weighted by atomic mass is 32.1. The van der Waals surface area contributed by atoms with E-state index >= 15 is 0 Å². The lowest BCUT2D eigenvalue weighted by Gasteiger charge is -2.32. The highest BCUT2D eigenvalue weighted by molar-refractivity contribution is 7.10. The van der Waals surface area contributed by atoms with Crippen molar-refractivity contribution < 1.29 is 9.59 Å². The zero-order valence-electron chi connectivity index (χ0n) is 14.7. The quantitative estimate of drug-likeness (QED) is 0.913. The van der Waals surface area contributed by atoms with Crippen molar-refractivity contribution in [3.8, 4) is 0 Å². The average molecular weight is 356 g/mol. The average Bonchev–Trinajstić information content (AvgIpc) is 3.11. The van der Waals surface area contributed by atoms with E-state index in [1.165, 1.54) is 5.56 Å². The molecular weight excluding hydrogens is 332 g/mol. The number of hydrogen-bond donors (Lipinski definition) is 1. The molecular formula is C20H24N2O2S. The van der Waals surface area contributed by atoms with Crippen molar-refractivity contribution in [2.75, 3.05) is 13.1 Å². The molecule has 1 N–H and O–H groups in total. The maximum Gasteiger partial charge on any atom is 0.251 e. The molecule has 132 valence electrons. The standard InChI is InChI=1S/C20H24N2O2S/c1-14-5-6-16(12-15(14)2)20(24)21-17-7-9-22(10-8-17)19(23)13-18-4-3-11-25-18/h3-6,11-12,17H,7-10,13H2,1-2H3,(H,21,24). The molecule has 0 unspecified atom stereocenters. The van der Waals surface area contributed by atoms with Gasteiger partial charge >= 0.3 is 0 Å². The summed E-state index contributed by atoms with van der Waals surface area (Å²) in [7, 11) is 0. The number of carbonyl (C=O) groups is 2. The molecule has 2 amide bonds. The van der Waals surface area contributed by atoms with E-state index in [0.717, 1.165) is 23.3 Å². The van der Waals surface area contributed by atoms with Gasteiger partial charge in [-0.25, -0.2) is 0 Å². The molecule has 0 aliphatic carbocycles. The predicted molar refractivity (Wildman–Crippen MR) is 101 cm³/mol. The van der Waals surface area contributed by atoms with Crippen molar-refractivity contribution in [2.45, 2.75) is 39.2 Å². The third-order valence-electron chi connectivity index (χ3n) is 4.86. The first-order valence-corrected chi connectivity index (χ1v) is 9.59. The van der Waals surface area contributed by atoms with Gasteiger partial charge in [0.25, 0.3) is 5.91 Å². The number of likely N-dealkylation sites (tertiary alicyclic amines) is 1. The predicted octanol–water partition coefficient (Wildman–Crippen LogP) is 3.33. The molecule has 1 aromatic heterocycles. The minimum Gasteiger partial charge on any atom is -0.349 e. The van der Waals surface area contributed by atoms with Crippen molar-refractivity contribution >= 4 is 23.2 Å². The van der Waals surface area contributed by atoms with E-state index in [2.05, 4.69) is 5.32 Å². The number of amides is 2. The summed E-state index contributed by atoms with van der Waals surface area (Å²) in [6, 6.07) is 9.90. The summed E-state index contributed by atoms with van der Waals surface area (Å²) in [5, 5.41) is 5.11. The molecule has 0 atom stereocenters. The third kappa shape index (κ3) is 4.48. The number of benzene rings is 1. The van der Waals surface area contributed by atoms with Crippen molar-refractivity contribution in [3.05, 3.63) is 57.3 Å². The van der Waals surface area contributed by atoms with Crippen LogP contribution in [0.5, 0.6) is 0 Å². The number of nitrogens with zero attached hydrogens (tertiary/aromatic N) is 1. The van der Waals surface area contributed by atoms with Gasteiger partial charge in [0.1, 0.15) is 0 Å². The molecule has 4 nitrogen and oxygen atoms in total. The number of hydrogen-bond acceptors (Lipinski definition) is 3. The highest BCUT2D eigenvalue weighted by Crippen LogP contribution is 2.16. The largest absolute Gasteiger partial charge is 0.349 e. The van der Waals surface area contributed by atoms with Gasteiger partial charge in [0.15, 0.2) is 0 Å². The maximum atomic E-state index is 12.4. The Bertz CT molecular complexity index is 747. The van der Waals surface area contributed by atoms with Crippen molar-refractivity contribution in [2.24, 2.45) is 0 Å². The van der Waals surface area contributed by atoms with Crippen LogP contribution in [0.25, 0.3) is 0 Å². The zero-order valence-corrected chi connectivity index (χ0v) is 15.6. The second-order valence-corrected chi connectivity index (χ2v) is 7.72. The first-order chi connectivity index (χ1) is 12.0. The van der Waals surface area contributed by atoms with Crippen molar-refractivity contribution in [3.63, 3.8) is 0 Å². The fourth-order valence-electron chi connectivity index (χ4n) is 3.10. The van der Waals surface area contributed by atoms with Gasteiger partial charge in [0.05, 0.1) is 6.42 Å². The van der Waals surface area contributed by atoms with E-state index in [0.29, 0.717) is 25.1 Å². The third-order valence-corrected chi connectivity index (χ3v) is 5.73. The molecule has 0 saturated carbocycles. The van der Waals surface area contributed by atoms with Crippen molar-refractivity contribution in [1.82, 2.24) is 10.2 Å². The Morgan fingerprint density at radius 1 is 1.16 bits per heavy atom. The molecule has 1 aliphatic heterocycles. The smallest absolute Gasteiger partial charge is 0.251 e. The van der Waals surface area contributed by atoms with Gasteiger partial charge in [-0.2, -0.15) is 0 Å². The number of carbonyl (C=O) groups excluding carboxylic acids is 2. The molecule has 0 spiro atoms. The topological polar surface area (TPSA) is 49.4 Å². The summed E-state index contributed by atoms with van der Waals surface area (Å²) in [6.07, 6.45) is 2.11. The van der Waals surface area contributed by atoms with E-state index in [4.69, 9.17) is 0 Å². The van der Waals surface area contributed by atoms with Gasteiger partial charge in [-0.1, -0.05) is 12.1 Å². The molecule has 1 fully saturated rings. The van der Waals surface area contributed by atoms with E-state index in [1.807, 2.05) is 54.5 Å². The van der Waals surface area contributed by atoms with Crippen molar-refractivity contribution in [1.29, 1.82) is 0 Å². The summed E-state index contributed by atoms with van der Waals surface area (Å²) in [6.45, 7) is 5.48. The van der Waals surface area contributed by atoms with Gasteiger partial charge in [-0.05, 0) is 61.4 Å². The molecule has 1 aliphatic rings. The number of thiophene rings is 1. The molecule has 25 heavy (non-hydrogen) atoms. The Morgan fingerprint density at radius 2 is 1.92 bits per heavy atom. The minimum atomic E-state index is -0.0218. The van der Waals surface area contributed by atoms with Crippen LogP contribution in [-0.4, -0.2) is 35.8 Å². The zero-order chi connectivity index (χ0) is 17.8. The van der Waals surface area contributed by atoms with Crippen LogP contribution in [-0.2, 0) is 11.2 Å². The summed E-state index contributed by atoms with van der Waals surface area (Å²) in [5.74, 6) is 0.160. The Hall–Kier alpha value is -2.14. The van der Waals surface area contributed by atoms with Crippen LogP contribution in [0, 0.1) is 13.8 Å². The second-order valence-electron chi connectivity index (χ2n) is 6.68. The van der Waals surface area contributed by atoms with E-state index < -0.39 is 0 Å². The first kappa shape index (κ1) is 17.7. The Morgan fingerprint density at radius 3 is 2.56 bits per heavy atom. The van der Waals surface area contributed by atoms with Gasteiger partial charge in [-0.15, -0.1) is 11.3 Å². The molecule has 2 aromatic rings. The van der Waals surface area contributed by atoms with Gasteiger partial charge in [0.2, 0.25) is 5.91 Å². The molecule has 1 aromatic carbocycles. The number of nitrogens with one attached hydrogen (secondary N) is 1. The molecule has 1 saturated heterocycles. The fraction of sp³-hybridized carbons (Fsp3) is 0.400. The molecule has 5 heteroatoms. The second kappa shape index (κ2) is 7.83.